The van der Waals surface area contributed by atoms with Crippen molar-refractivity contribution < 1.29 is 14.6 Å². The van der Waals surface area contributed by atoms with Crippen LogP contribution in [0.5, 0.6) is 11.5 Å². The molecule has 0 spiro atoms. The minimum atomic E-state index is 0.211. The molecule has 0 aliphatic rings. The Balaban J connectivity index is 0.000000791. The summed E-state index contributed by atoms with van der Waals surface area (Å²) in [4.78, 5) is 9.97. The molecule has 3 nitrogen and oxygen atoms in total. The summed E-state index contributed by atoms with van der Waals surface area (Å²) in [5.74, 6) is 0.656. The smallest absolute Gasteiger partial charge is 0.298 e. The Labute approximate surface area is 86.3 Å². The molecule has 4 heteroatoms. The highest BCUT2D eigenvalue weighted by Crippen LogP contribution is 2.24. The predicted octanol–water partition coefficient (Wildman–Crippen LogP) is 2.33. The highest BCUT2D eigenvalue weighted by atomic mass is 31.0. The van der Waals surface area contributed by atoms with Gasteiger partial charge in [-0.05, 0) is 24.4 Å². The van der Waals surface area contributed by atoms with E-state index in [1.54, 1.807) is 6.07 Å². The molecule has 0 amide bonds. The summed E-state index contributed by atoms with van der Waals surface area (Å²) in [5, 5.41) is 9.25. The van der Waals surface area contributed by atoms with E-state index in [-0.39, 0.29) is 5.75 Å². The van der Waals surface area contributed by atoms with Crippen LogP contribution in [-0.4, -0.2) is 11.6 Å². The van der Waals surface area contributed by atoms with Gasteiger partial charge in [0.25, 0.3) is 6.47 Å². The molecule has 1 rings (SSSR count). The van der Waals surface area contributed by atoms with E-state index in [2.05, 4.69) is 14.0 Å². The summed E-state index contributed by atoms with van der Waals surface area (Å²) < 4.78 is 4.60. The van der Waals surface area contributed by atoms with Crippen molar-refractivity contribution in [3.05, 3.63) is 23.8 Å². The second-order valence-corrected chi connectivity index (χ2v) is 2.62. The minimum Gasteiger partial charge on any atom is -0.508 e. The molecule has 1 N–H and O–H groups in total. The molecule has 1 aromatic carbocycles. The Bertz CT molecular complexity index is 287. The van der Waals surface area contributed by atoms with Crippen LogP contribution in [-0.2, 0) is 11.0 Å². The normalized spacial score (nSPS) is 8.50. The molecule has 1 atom stereocenters. The SMILES string of the molecule is CC.O=COc1ccc(O)c(CP)c1. The molecule has 1 aromatic rings. The van der Waals surface area contributed by atoms with Crippen LogP contribution in [0.4, 0.5) is 0 Å². The van der Waals surface area contributed by atoms with Crippen molar-refractivity contribution in [3.63, 3.8) is 0 Å². The van der Waals surface area contributed by atoms with Crippen LogP contribution in [0.3, 0.4) is 0 Å². The average Bonchev–Trinajstić information content (AvgIpc) is 2.24. The Morgan fingerprint density at radius 1 is 1.50 bits per heavy atom. The molecule has 0 saturated heterocycles. The van der Waals surface area contributed by atoms with Crippen LogP contribution < -0.4 is 4.74 Å². The summed E-state index contributed by atoms with van der Waals surface area (Å²) in [5.41, 5.74) is 0.736. The van der Waals surface area contributed by atoms with Crippen LogP contribution in [0.1, 0.15) is 19.4 Å². The third-order valence-corrected chi connectivity index (χ3v) is 1.89. The van der Waals surface area contributed by atoms with E-state index in [0.717, 1.165) is 5.56 Å². The predicted molar refractivity (Wildman–Crippen MR) is 59.6 cm³/mol. The Morgan fingerprint density at radius 3 is 2.64 bits per heavy atom. The van der Waals surface area contributed by atoms with Gasteiger partial charge in [-0.1, -0.05) is 13.8 Å². The lowest BCUT2D eigenvalue weighted by Crippen LogP contribution is -1.89. The third kappa shape index (κ3) is 3.75. The van der Waals surface area contributed by atoms with Gasteiger partial charge in [-0.2, -0.15) is 0 Å². The first kappa shape index (κ1) is 12.9. The first-order valence-electron chi connectivity index (χ1n) is 4.40. The molecule has 78 valence electrons. The molecular formula is C10H15O3P. The Morgan fingerprint density at radius 2 is 2.14 bits per heavy atom. The van der Waals surface area contributed by atoms with Gasteiger partial charge >= 0.3 is 0 Å². The number of rotatable bonds is 3. The number of benzene rings is 1. The number of carbonyl (C=O) groups is 1. The molecule has 0 aliphatic heterocycles. The standard InChI is InChI=1S/C8H9O3P.C2H6/c9-5-11-7-1-2-8(10)6(3-7)4-12;1-2/h1-3,5,10H,4,12H2;1-2H3. The summed E-state index contributed by atoms with van der Waals surface area (Å²) in [6.45, 7) is 4.36. The van der Waals surface area contributed by atoms with Gasteiger partial charge in [0.05, 0.1) is 0 Å². The molecule has 0 bridgehead atoms. The van der Waals surface area contributed by atoms with Crippen LogP contribution in [0.25, 0.3) is 0 Å². The monoisotopic (exact) mass is 214 g/mol. The molecule has 0 heterocycles. The zero-order valence-corrected chi connectivity index (χ0v) is 9.51. The van der Waals surface area contributed by atoms with Crippen LogP contribution in [0.2, 0.25) is 0 Å². The maximum absolute atomic E-state index is 9.97. The van der Waals surface area contributed by atoms with Crippen molar-refractivity contribution in [2.45, 2.75) is 20.0 Å². The fourth-order valence-corrected chi connectivity index (χ4v) is 1.18. The van der Waals surface area contributed by atoms with Gasteiger partial charge in [-0.3, -0.25) is 4.79 Å². The van der Waals surface area contributed by atoms with Crippen molar-refractivity contribution in [3.8, 4) is 11.5 Å². The van der Waals surface area contributed by atoms with E-state index in [4.69, 9.17) is 0 Å². The number of hydrogen-bond donors (Lipinski definition) is 1. The quantitative estimate of drug-likeness (QED) is 0.620. The van der Waals surface area contributed by atoms with Crippen LogP contribution in [0.15, 0.2) is 18.2 Å². The second-order valence-electron chi connectivity index (χ2n) is 2.21. The number of phenols is 1. The first-order chi connectivity index (χ1) is 6.77. The summed E-state index contributed by atoms with van der Waals surface area (Å²) >= 11 is 0. The Hall–Kier alpha value is -1.08. The largest absolute Gasteiger partial charge is 0.508 e. The second kappa shape index (κ2) is 7.34. The molecule has 0 fully saturated rings. The van der Waals surface area contributed by atoms with Gasteiger partial charge in [-0.25, -0.2) is 0 Å². The zero-order valence-electron chi connectivity index (χ0n) is 8.36. The van der Waals surface area contributed by atoms with Crippen molar-refractivity contribution in [1.82, 2.24) is 0 Å². The van der Waals surface area contributed by atoms with Crippen molar-refractivity contribution >= 4 is 15.7 Å². The maximum atomic E-state index is 9.97. The summed E-state index contributed by atoms with van der Waals surface area (Å²) in [6, 6.07) is 4.66. The van der Waals surface area contributed by atoms with Crippen molar-refractivity contribution in [1.29, 1.82) is 0 Å². The summed E-state index contributed by atoms with van der Waals surface area (Å²) in [7, 11) is 2.48. The zero-order chi connectivity index (χ0) is 11.0. The van der Waals surface area contributed by atoms with Crippen molar-refractivity contribution in [2.24, 2.45) is 0 Å². The van der Waals surface area contributed by atoms with Gasteiger partial charge in [0.15, 0.2) is 0 Å². The fraction of sp³-hybridized carbons (Fsp3) is 0.300. The van der Waals surface area contributed by atoms with Crippen molar-refractivity contribution in [2.75, 3.05) is 0 Å². The van der Waals surface area contributed by atoms with Crippen LogP contribution >= 0.6 is 9.24 Å². The van der Waals surface area contributed by atoms with E-state index >= 15 is 0 Å². The average molecular weight is 214 g/mol. The molecule has 0 aromatic heterocycles. The molecule has 0 saturated carbocycles. The van der Waals surface area contributed by atoms with Gasteiger partial charge < -0.3 is 9.84 Å². The number of phenolic OH excluding ortho intramolecular Hbond substituents is 1. The number of aromatic hydroxyl groups is 1. The summed E-state index contributed by atoms with van der Waals surface area (Å²) in [6.07, 6.45) is 0.627. The maximum Gasteiger partial charge on any atom is 0.298 e. The minimum absolute atomic E-state index is 0.211. The van der Waals surface area contributed by atoms with E-state index < -0.39 is 0 Å². The molecular weight excluding hydrogens is 199 g/mol. The third-order valence-electron chi connectivity index (χ3n) is 1.46. The van der Waals surface area contributed by atoms with E-state index in [1.165, 1.54) is 12.1 Å². The fourth-order valence-electron chi connectivity index (χ4n) is 0.854. The first-order valence-corrected chi connectivity index (χ1v) is 5.22. The number of carbonyl (C=O) groups excluding carboxylic acids is 1. The van der Waals surface area contributed by atoms with E-state index in [9.17, 15) is 9.90 Å². The van der Waals surface area contributed by atoms with Gasteiger partial charge in [-0.15, -0.1) is 9.24 Å². The van der Waals surface area contributed by atoms with Gasteiger partial charge in [0, 0.05) is 5.56 Å². The number of ether oxygens (including phenoxy) is 1. The molecule has 0 aliphatic carbocycles. The molecule has 14 heavy (non-hydrogen) atoms. The highest BCUT2D eigenvalue weighted by molar-refractivity contribution is 7.15. The highest BCUT2D eigenvalue weighted by Gasteiger charge is 2.00. The van der Waals surface area contributed by atoms with E-state index in [0.29, 0.717) is 18.4 Å². The van der Waals surface area contributed by atoms with Gasteiger partial charge in [0.1, 0.15) is 11.5 Å². The Kier molecular flexibility index (Phi) is 6.77. The van der Waals surface area contributed by atoms with E-state index in [1.807, 2.05) is 13.8 Å². The molecule has 1 unspecified atom stereocenters. The lowest BCUT2D eigenvalue weighted by atomic mass is 10.2. The lowest BCUT2D eigenvalue weighted by Gasteiger charge is -2.02. The van der Waals surface area contributed by atoms with Crippen LogP contribution in [0, 0.1) is 0 Å². The molecule has 0 radical (unpaired) electrons. The van der Waals surface area contributed by atoms with Gasteiger partial charge in [0.2, 0.25) is 0 Å². The lowest BCUT2D eigenvalue weighted by molar-refractivity contribution is -0.120. The number of hydrogen-bond acceptors (Lipinski definition) is 3. The topological polar surface area (TPSA) is 46.5 Å².